The van der Waals surface area contributed by atoms with Crippen molar-refractivity contribution >= 4 is 23.4 Å². The lowest BCUT2D eigenvalue weighted by Gasteiger charge is -2.08. The Bertz CT molecular complexity index is 839. The number of hydrogen-bond acceptors (Lipinski definition) is 5. The first-order valence-corrected chi connectivity index (χ1v) is 8.05. The van der Waals surface area contributed by atoms with Crippen LogP contribution >= 0.6 is 0 Å². The van der Waals surface area contributed by atoms with Crippen molar-refractivity contribution in [2.75, 3.05) is 13.1 Å². The lowest BCUT2D eigenvalue weighted by atomic mass is 10.2. The van der Waals surface area contributed by atoms with Gasteiger partial charge in [0.1, 0.15) is 0 Å². The summed E-state index contributed by atoms with van der Waals surface area (Å²) in [6.45, 7) is -0.231. The van der Waals surface area contributed by atoms with Crippen LogP contribution in [0.25, 0.3) is 0 Å². The van der Waals surface area contributed by atoms with E-state index in [0.29, 0.717) is 6.54 Å². The average molecular weight is 370 g/mol. The van der Waals surface area contributed by atoms with Crippen LogP contribution in [-0.2, 0) is 16.1 Å². The molecule has 0 unspecified atom stereocenters. The fourth-order valence-electron chi connectivity index (χ4n) is 2.12. The zero-order valence-electron chi connectivity index (χ0n) is 14.3. The molecule has 0 spiro atoms. The summed E-state index contributed by atoms with van der Waals surface area (Å²) in [6, 6.07) is 14.5. The maximum atomic E-state index is 11.9. The Morgan fingerprint density at radius 1 is 0.852 bits per heavy atom. The summed E-state index contributed by atoms with van der Waals surface area (Å²) in [5.41, 5.74) is 0.779. The molecule has 3 amide bonds. The molecule has 0 aromatic heterocycles. The second-order valence-electron chi connectivity index (χ2n) is 5.53. The fourth-order valence-corrected chi connectivity index (χ4v) is 2.12. The van der Waals surface area contributed by atoms with Crippen molar-refractivity contribution in [3.8, 4) is 0 Å². The van der Waals surface area contributed by atoms with Crippen LogP contribution in [0.1, 0.15) is 15.9 Å². The SMILES string of the molecule is O=C(CNC(=O)CNC(=O)c1cccc([N+](=O)[O-])c1)NCc1ccccc1. The third kappa shape index (κ3) is 6.58. The molecule has 27 heavy (non-hydrogen) atoms. The zero-order valence-corrected chi connectivity index (χ0v) is 14.3. The van der Waals surface area contributed by atoms with Gasteiger partial charge in [0.2, 0.25) is 11.8 Å². The van der Waals surface area contributed by atoms with E-state index in [1.54, 1.807) is 0 Å². The molecule has 0 bridgehead atoms. The molecule has 0 heterocycles. The van der Waals surface area contributed by atoms with Crippen molar-refractivity contribution in [3.05, 3.63) is 75.8 Å². The maximum Gasteiger partial charge on any atom is 0.270 e. The highest BCUT2D eigenvalue weighted by Gasteiger charge is 2.12. The molecular weight excluding hydrogens is 352 g/mol. The van der Waals surface area contributed by atoms with E-state index in [1.165, 1.54) is 18.2 Å². The number of amides is 3. The molecule has 140 valence electrons. The second-order valence-corrected chi connectivity index (χ2v) is 5.53. The number of hydrogen-bond donors (Lipinski definition) is 3. The van der Waals surface area contributed by atoms with E-state index in [4.69, 9.17) is 0 Å². The summed E-state index contributed by atoms with van der Waals surface area (Å²) in [5, 5.41) is 18.1. The lowest BCUT2D eigenvalue weighted by Crippen LogP contribution is -2.41. The van der Waals surface area contributed by atoms with Crippen molar-refractivity contribution < 1.29 is 19.3 Å². The number of benzene rings is 2. The highest BCUT2D eigenvalue weighted by Crippen LogP contribution is 2.12. The Labute approximate surface area is 154 Å². The first-order chi connectivity index (χ1) is 13.0. The number of non-ortho nitro benzene ring substituents is 1. The molecule has 0 aliphatic rings. The van der Waals surface area contributed by atoms with Gasteiger partial charge in [-0.25, -0.2) is 0 Å². The van der Waals surface area contributed by atoms with Crippen LogP contribution in [-0.4, -0.2) is 35.7 Å². The molecule has 0 fully saturated rings. The summed E-state index contributed by atoms with van der Waals surface area (Å²) in [6.07, 6.45) is 0. The number of carbonyl (C=O) groups is 3. The zero-order chi connectivity index (χ0) is 19.6. The Morgan fingerprint density at radius 3 is 2.22 bits per heavy atom. The van der Waals surface area contributed by atoms with Gasteiger partial charge >= 0.3 is 0 Å². The van der Waals surface area contributed by atoms with Crippen LogP contribution in [0.15, 0.2) is 54.6 Å². The van der Waals surface area contributed by atoms with Crippen molar-refractivity contribution in [1.29, 1.82) is 0 Å². The van der Waals surface area contributed by atoms with Crippen molar-refractivity contribution in [1.82, 2.24) is 16.0 Å². The number of nitro groups is 1. The number of nitrogens with zero attached hydrogens (tertiary/aromatic N) is 1. The predicted molar refractivity (Wildman–Crippen MR) is 96.7 cm³/mol. The molecule has 2 rings (SSSR count). The van der Waals surface area contributed by atoms with Crippen LogP contribution in [0.5, 0.6) is 0 Å². The Hall–Kier alpha value is -3.75. The molecule has 0 aliphatic heterocycles. The molecule has 0 saturated heterocycles. The van der Waals surface area contributed by atoms with Crippen molar-refractivity contribution in [2.45, 2.75) is 6.54 Å². The third-order valence-electron chi connectivity index (χ3n) is 3.51. The van der Waals surface area contributed by atoms with Gasteiger partial charge in [0.15, 0.2) is 0 Å². The molecule has 0 saturated carbocycles. The van der Waals surface area contributed by atoms with E-state index in [0.717, 1.165) is 11.6 Å². The highest BCUT2D eigenvalue weighted by atomic mass is 16.6. The topological polar surface area (TPSA) is 130 Å². The van der Waals surface area contributed by atoms with E-state index < -0.39 is 16.7 Å². The minimum Gasteiger partial charge on any atom is -0.350 e. The lowest BCUT2D eigenvalue weighted by molar-refractivity contribution is -0.384. The van der Waals surface area contributed by atoms with Gasteiger partial charge in [0, 0.05) is 24.2 Å². The van der Waals surface area contributed by atoms with Crippen molar-refractivity contribution in [2.24, 2.45) is 0 Å². The Morgan fingerprint density at radius 2 is 1.52 bits per heavy atom. The smallest absolute Gasteiger partial charge is 0.270 e. The summed E-state index contributed by atoms with van der Waals surface area (Å²) in [5.74, 6) is -1.54. The Kier molecular flexibility index (Phi) is 7.00. The van der Waals surface area contributed by atoms with Crippen LogP contribution in [0.3, 0.4) is 0 Å². The number of nitrogens with one attached hydrogen (secondary N) is 3. The van der Waals surface area contributed by atoms with Crippen LogP contribution in [0.2, 0.25) is 0 Å². The summed E-state index contributed by atoms with van der Waals surface area (Å²) in [4.78, 5) is 45.4. The number of nitro benzene ring substituents is 1. The monoisotopic (exact) mass is 370 g/mol. The molecule has 9 nitrogen and oxygen atoms in total. The molecule has 2 aromatic carbocycles. The van der Waals surface area contributed by atoms with Gasteiger partial charge in [-0.15, -0.1) is 0 Å². The van der Waals surface area contributed by atoms with Crippen LogP contribution in [0, 0.1) is 10.1 Å². The second kappa shape index (κ2) is 9.66. The largest absolute Gasteiger partial charge is 0.350 e. The summed E-state index contributed by atoms with van der Waals surface area (Å²) >= 11 is 0. The van der Waals surface area contributed by atoms with E-state index in [9.17, 15) is 24.5 Å². The highest BCUT2D eigenvalue weighted by molar-refractivity contribution is 5.97. The fraction of sp³-hybridized carbons (Fsp3) is 0.167. The van der Waals surface area contributed by atoms with Gasteiger partial charge in [-0.2, -0.15) is 0 Å². The van der Waals surface area contributed by atoms with Gasteiger partial charge < -0.3 is 16.0 Å². The van der Waals surface area contributed by atoms with E-state index in [-0.39, 0.29) is 30.2 Å². The first-order valence-electron chi connectivity index (χ1n) is 8.05. The molecule has 0 radical (unpaired) electrons. The molecule has 0 aliphatic carbocycles. The summed E-state index contributed by atoms with van der Waals surface area (Å²) in [7, 11) is 0. The standard InChI is InChI=1S/C18H18N4O5/c23-16(19-10-13-5-2-1-3-6-13)11-20-17(24)12-21-18(25)14-7-4-8-15(9-14)22(26)27/h1-9H,10-12H2,(H,19,23)(H,20,24)(H,21,25). The molecule has 3 N–H and O–H groups in total. The number of rotatable bonds is 8. The molecular formula is C18H18N4O5. The van der Waals surface area contributed by atoms with Gasteiger partial charge in [0.05, 0.1) is 18.0 Å². The van der Waals surface area contributed by atoms with E-state index >= 15 is 0 Å². The van der Waals surface area contributed by atoms with E-state index in [2.05, 4.69) is 16.0 Å². The molecule has 2 aromatic rings. The third-order valence-corrected chi connectivity index (χ3v) is 3.51. The minimum atomic E-state index is -0.623. The first kappa shape index (κ1) is 19.6. The van der Waals surface area contributed by atoms with Gasteiger partial charge in [-0.05, 0) is 11.6 Å². The number of carbonyl (C=O) groups excluding carboxylic acids is 3. The minimum absolute atomic E-state index is 0.0672. The predicted octanol–water partition coefficient (Wildman–Crippen LogP) is 0.757. The molecule has 9 heteroatoms. The maximum absolute atomic E-state index is 11.9. The quantitative estimate of drug-likeness (QED) is 0.466. The van der Waals surface area contributed by atoms with Crippen LogP contribution in [0.4, 0.5) is 5.69 Å². The van der Waals surface area contributed by atoms with Gasteiger partial charge in [-0.3, -0.25) is 24.5 Å². The summed E-state index contributed by atoms with van der Waals surface area (Å²) < 4.78 is 0. The Balaban J connectivity index is 1.71. The van der Waals surface area contributed by atoms with Crippen molar-refractivity contribution in [3.63, 3.8) is 0 Å². The van der Waals surface area contributed by atoms with Gasteiger partial charge in [0.25, 0.3) is 11.6 Å². The van der Waals surface area contributed by atoms with Gasteiger partial charge in [-0.1, -0.05) is 36.4 Å². The van der Waals surface area contributed by atoms with Crippen LogP contribution < -0.4 is 16.0 Å². The van der Waals surface area contributed by atoms with E-state index in [1.807, 2.05) is 30.3 Å². The normalized spacial score (nSPS) is 9.93. The average Bonchev–Trinajstić information content (AvgIpc) is 2.69. The molecule has 0 atom stereocenters.